The van der Waals surface area contributed by atoms with Gasteiger partial charge in [0, 0.05) is 0 Å². The second-order valence-corrected chi connectivity index (χ2v) is 22.7. The molecule has 2 heteroatoms. The van der Waals surface area contributed by atoms with Crippen molar-refractivity contribution < 1.29 is 0 Å². The van der Waals surface area contributed by atoms with E-state index in [-0.39, 0.29) is 0 Å². The molecule has 0 bridgehead atoms. The molecule has 0 atom stereocenters. The predicted octanol–water partition coefficient (Wildman–Crippen LogP) is 4.74. The third-order valence-corrected chi connectivity index (χ3v) is 26.1. The molecule has 26 heavy (non-hydrogen) atoms. The molecule has 3 aromatic carbocycles. The van der Waals surface area contributed by atoms with Crippen LogP contribution in [0.25, 0.3) is 0 Å². The van der Waals surface area contributed by atoms with E-state index < -0.39 is 15.2 Å². The minimum absolute atomic E-state index is 0.292. The lowest BCUT2D eigenvalue weighted by molar-refractivity contribution is 0.733. The van der Waals surface area contributed by atoms with E-state index in [0.29, 0.717) is 5.04 Å². The second kappa shape index (κ2) is 7.01. The van der Waals surface area contributed by atoms with E-state index in [1.807, 2.05) is 0 Å². The van der Waals surface area contributed by atoms with Gasteiger partial charge in [0.2, 0.25) is 0 Å². The number of rotatable bonds is 4. The summed E-state index contributed by atoms with van der Waals surface area (Å²) in [5.74, 6) is 0. The third kappa shape index (κ3) is 2.91. The molecule has 0 amide bonds. The first-order chi connectivity index (χ1) is 12.3. The van der Waals surface area contributed by atoms with Crippen LogP contribution in [-0.4, -0.2) is 15.2 Å². The largest absolute Gasteiger partial charge is 0.139 e. The van der Waals surface area contributed by atoms with Gasteiger partial charge >= 0.3 is 0 Å². The summed E-state index contributed by atoms with van der Waals surface area (Å²) < 4.78 is 0. The van der Waals surface area contributed by atoms with E-state index in [2.05, 4.69) is 125 Å². The van der Waals surface area contributed by atoms with Gasteiger partial charge in [0.05, 0.1) is 7.59 Å². The maximum atomic E-state index is 2.62. The van der Waals surface area contributed by atoms with E-state index in [0.717, 1.165) is 0 Å². The zero-order valence-electron chi connectivity index (χ0n) is 16.7. The first kappa shape index (κ1) is 18.9. The highest BCUT2D eigenvalue weighted by Crippen LogP contribution is 2.41. The van der Waals surface area contributed by atoms with E-state index in [9.17, 15) is 0 Å². The molecule has 0 unspecified atom stereocenters. The first-order valence-electron chi connectivity index (χ1n) is 9.48. The molecular weight excluding hydrogens is 344 g/mol. The number of hydrogen-bond acceptors (Lipinski definition) is 0. The second-order valence-electron chi connectivity index (χ2n) is 8.72. The van der Waals surface area contributed by atoms with Crippen LogP contribution in [0.5, 0.6) is 0 Å². The van der Waals surface area contributed by atoms with Crippen molar-refractivity contribution in [3.63, 3.8) is 0 Å². The highest BCUT2D eigenvalue weighted by atomic mass is 29.3. The van der Waals surface area contributed by atoms with Gasteiger partial charge in [-0.3, -0.25) is 0 Å². The maximum Gasteiger partial charge on any atom is 0.139 e. The minimum atomic E-state index is -2.15. The average Bonchev–Trinajstić information content (AvgIpc) is 2.64. The summed E-state index contributed by atoms with van der Waals surface area (Å²) in [4.78, 5) is 0. The van der Waals surface area contributed by atoms with Gasteiger partial charge in [0.25, 0.3) is 0 Å². The average molecular weight is 375 g/mol. The summed E-state index contributed by atoms with van der Waals surface area (Å²) in [6.45, 7) is 12.6. The van der Waals surface area contributed by atoms with Gasteiger partial charge in [-0.25, -0.2) is 0 Å². The maximum absolute atomic E-state index is 2.62. The van der Waals surface area contributed by atoms with Crippen molar-refractivity contribution in [2.45, 2.75) is 38.9 Å². The third-order valence-electron chi connectivity index (χ3n) is 6.43. The minimum Gasteiger partial charge on any atom is -0.0700 e. The molecule has 3 rings (SSSR count). The summed E-state index contributed by atoms with van der Waals surface area (Å²) in [6.07, 6.45) is 0. The van der Waals surface area contributed by atoms with Gasteiger partial charge in [-0.1, -0.05) is 140 Å². The lowest BCUT2D eigenvalue weighted by Gasteiger charge is -2.52. The Bertz CT molecular complexity index is 735. The highest BCUT2D eigenvalue weighted by Gasteiger charge is 2.57. The Kier molecular flexibility index (Phi) is 5.09. The molecule has 3 aromatic rings. The molecule has 0 heterocycles. The lowest BCUT2D eigenvalue weighted by atomic mass is 10.2. The molecule has 0 spiro atoms. The van der Waals surface area contributed by atoms with E-state index in [4.69, 9.17) is 0 Å². The fourth-order valence-corrected chi connectivity index (χ4v) is 21.9. The van der Waals surface area contributed by atoms with Crippen molar-refractivity contribution >= 4 is 30.7 Å². The molecule has 0 aliphatic carbocycles. The summed E-state index contributed by atoms with van der Waals surface area (Å²) >= 11 is 0. The zero-order chi connectivity index (χ0) is 18.8. The summed E-state index contributed by atoms with van der Waals surface area (Å²) in [7, 11) is -3.92. The topological polar surface area (TPSA) is 0 Å². The Balaban J connectivity index is 2.48. The quantitative estimate of drug-likeness (QED) is 0.457. The van der Waals surface area contributed by atoms with Crippen LogP contribution < -0.4 is 15.6 Å². The van der Waals surface area contributed by atoms with Gasteiger partial charge < -0.3 is 0 Å². The van der Waals surface area contributed by atoms with Gasteiger partial charge in [-0.05, 0) is 5.04 Å². The van der Waals surface area contributed by atoms with Crippen LogP contribution in [-0.2, 0) is 0 Å². The van der Waals surface area contributed by atoms with Crippen LogP contribution in [0.3, 0.4) is 0 Å². The standard InChI is InChI=1S/C24H30Si2/c1-24(2,3)25(4,5)26(21-15-9-6-10-16-21,22-17-11-7-12-18-22)23-19-13-8-14-20-23/h6-20H,1-5H3. The van der Waals surface area contributed by atoms with Crippen LogP contribution >= 0.6 is 0 Å². The van der Waals surface area contributed by atoms with Crippen LogP contribution in [0.15, 0.2) is 91.0 Å². The molecule has 0 aliphatic rings. The van der Waals surface area contributed by atoms with Crippen LogP contribution in [0.1, 0.15) is 20.8 Å². The van der Waals surface area contributed by atoms with Crippen LogP contribution in [0, 0.1) is 0 Å². The van der Waals surface area contributed by atoms with Gasteiger partial charge in [-0.2, -0.15) is 0 Å². The van der Waals surface area contributed by atoms with Crippen LogP contribution in [0.4, 0.5) is 0 Å². The summed E-state index contributed by atoms with van der Waals surface area (Å²) in [6, 6.07) is 34.0. The number of hydrogen-bond donors (Lipinski definition) is 0. The van der Waals surface area contributed by atoms with Crippen molar-refractivity contribution in [2.24, 2.45) is 0 Å². The Morgan fingerprint density at radius 2 is 0.769 bits per heavy atom. The van der Waals surface area contributed by atoms with Crippen molar-refractivity contribution in [3.05, 3.63) is 91.0 Å². The monoisotopic (exact) mass is 374 g/mol. The van der Waals surface area contributed by atoms with E-state index in [1.54, 1.807) is 15.6 Å². The highest BCUT2D eigenvalue weighted by molar-refractivity contribution is 7.56. The van der Waals surface area contributed by atoms with Crippen molar-refractivity contribution in [3.8, 4) is 0 Å². The number of benzene rings is 3. The molecule has 0 nitrogen and oxygen atoms in total. The SMILES string of the molecule is CC(C)(C)[Si](C)(C)[Si](c1ccccc1)(c1ccccc1)c1ccccc1. The van der Waals surface area contributed by atoms with Crippen molar-refractivity contribution in [2.75, 3.05) is 0 Å². The Labute approximate surface area is 160 Å². The van der Waals surface area contributed by atoms with E-state index >= 15 is 0 Å². The predicted molar refractivity (Wildman–Crippen MR) is 121 cm³/mol. The molecular formula is C24H30Si2. The van der Waals surface area contributed by atoms with Gasteiger partial charge in [0.15, 0.2) is 0 Å². The van der Waals surface area contributed by atoms with Crippen LogP contribution in [0.2, 0.25) is 18.1 Å². The summed E-state index contributed by atoms with van der Waals surface area (Å²) in [5, 5.41) is 4.93. The zero-order valence-corrected chi connectivity index (χ0v) is 18.7. The molecule has 0 fully saturated rings. The molecule has 0 radical (unpaired) electrons. The van der Waals surface area contributed by atoms with Gasteiger partial charge in [0.1, 0.15) is 7.59 Å². The Morgan fingerprint density at radius 1 is 0.500 bits per heavy atom. The molecule has 0 N–H and O–H groups in total. The fourth-order valence-electron chi connectivity index (χ4n) is 4.21. The normalized spacial score (nSPS) is 12.8. The smallest absolute Gasteiger partial charge is 0.0700 e. The van der Waals surface area contributed by atoms with Gasteiger partial charge in [-0.15, -0.1) is 0 Å². The fraction of sp³-hybridized carbons (Fsp3) is 0.250. The summed E-state index contributed by atoms with van der Waals surface area (Å²) in [5.41, 5.74) is 0. The molecule has 0 saturated heterocycles. The van der Waals surface area contributed by atoms with Crippen molar-refractivity contribution in [1.29, 1.82) is 0 Å². The lowest BCUT2D eigenvalue weighted by Crippen LogP contribution is -2.82. The molecule has 0 aliphatic heterocycles. The first-order valence-corrected chi connectivity index (χ1v) is 15.5. The molecule has 0 aromatic heterocycles. The Morgan fingerprint density at radius 3 is 1.00 bits per heavy atom. The molecule has 0 saturated carbocycles. The Hall–Kier alpha value is -1.91. The van der Waals surface area contributed by atoms with E-state index in [1.165, 1.54) is 0 Å². The molecule has 134 valence electrons. The van der Waals surface area contributed by atoms with Crippen molar-refractivity contribution in [1.82, 2.24) is 0 Å².